The second kappa shape index (κ2) is 6.95. The normalized spacial score (nSPS) is 9.75. The van der Waals surface area contributed by atoms with Crippen LogP contribution >= 0.6 is 0 Å². The molecule has 2 aromatic rings. The van der Waals surface area contributed by atoms with E-state index in [4.69, 9.17) is 10.00 Å². The lowest BCUT2D eigenvalue weighted by molar-refractivity contribution is -0.123. The minimum atomic E-state index is -0.225. The molecule has 1 heterocycles. The largest absolute Gasteiger partial charge is 0.482 e. The molecule has 1 aromatic carbocycles. The number of hydrogen-bond donors (Lipinski definition) is 2. The molecule has 0 atom stereocenters. The Morgan fingerprint density at radius 2 is 2.30 bits per heavy atom. The molecule has 6 heteroatoms. The Morgan fingerprint density at radius 3 is 3.05 bits per heavy atom. The maximum atomic E-state index is 11.6. The predicted molar refractivity (Wildman–Crippen MR) is 72.0 cm³/mol. The summed E-state index contributed by atoms with van der Waals surface area (Å²) < 4.78 is 5.32. The second-order valence-electron chi connectivity index (χ2n) is 4.07. The lowest BCUT2D eigenvalue weighted by Gasteiger charge is -2.08. The monoisotopic (exact) mass is 270 g/mol. The highest BCUT2D eigenvalue weighted by Crippen LogP contribution is 2.15. The van der Waals surface area contributed by atoms with E-state index in [-0.39, 0.29) is 12.5 Å². The number of H-pyrrole nitrogens is 1. The van der Waals surface area contributed by atoms with Crippen LogP contribution in [0.2, 0.25) is 0 Å². The van der Waals surface area contributed by atoms with Gasteiger partial charge in [-0.05, 0) is 12.1 Å². The molecule has 1 amide bonds. The van der Waals surface area contributed by atoms with Gasteiger partial charge in [-0.1, -0.05) is 12.1 Å². The number of aromatic nitrogens is 2. The molecule has 0 aliphatic rings. The van der Waals surface area contributed by atoms with Crippen LogP contribution in [0.4, 0.5) is 0 Å². The van der Waals surface area contributed by atoms with Crippen LogP contribution in [0.25, 0.3) is 0 Å². The van der Waals surface area contributed by atoms with E-state index >= 15 is 0 Å². The third-order valence-corrected chi connectivity index (χ3v) is 2.64. The maximum Gasteiger partial charge on any atom is 0.257 e. The Hall–Kier alpha value is -2.81. The molecule has 2 N–H and O–H groups in total. The summed E-state index contributed by atoms with van der Waals surface area (Å²) in [5.74, 6) is 0.191. The first kappa shape index (κ1) is 13.6. The van der Waals surface area contributed by atoms with Gasteiger partial charge in [0.1, 0.15) is 11.8 Å². The molecule has 0 unspecified atom stereocenters. The number of rotatable bonds is 6. The van der Waals surface area contributed by atoms with Gasteiger partial charge >= 0.3 is 0 Å². The maximum absolute atomic E-state index is 11.6. The standard InChI is InChI=1S/C14H14N4O2/c15-7-11-3-1-2-4-13(11)20-9-14(19)17-6-5-12-8-16-10-18-12/h1-4,8,10H,5-6,9H2,(H,16,18)(H,17,19). The van der Waals surface area contributed by atoms with Gasteiger partial charge in [-0.3, -0.25) is 4.79 Å². The highest BCUT2D eigenvalue weighted by molar-refractivity contribution is 5.77. The van der Waals surface area contributed by atoms with Crippen molar-refractivity contribution in [1.82, 2.24) is 15.3 Å². The van der Waals surface area contributed by atoms with Crippen LogP contribution in [0.1, 0.15) is 11.3 Å². The van der Waals surface area contributed by atoms with Crippen LogP contribution < -0.4 is 10.1 Å². The molecule has 0 aliphatic heterocycles. The van der Waals surface area contributed by atoms with Crippen LogP contribution in [0, 0.1) is 11.3 Å². The molecule has 0 fully saturated rings. The van der Waals surface area contributed by atoms with E-state index in [2.05, 4.69) is 15.3 Å². The Morgan fingerprint density at radius 1 is 1.45 bits per heavy atom. The lowest BCUT2D eigenvalue weighted by atomic mass is 10.2. The number of hydrogen-bond acceptors (Lipinski definition) is 4. The third-order valence-electron chi connectivity index (χ3n) is 2.64. The Balaban J connectivity index is 1.74. The second-order valence-corrected chi connectivity index (χ2v) is 4.07. The average Bonchev–Trinajstić information content (AvgIpc) is 2.98. The van der Waals surface area contributed by atoms with Gasteiger partial charge in [0.15, 0.2) is 6.61 Å². The van der Waals surface area contributed by atoms with Crippen molar-refractivity contribution in [2.45, 2.75) is 6.42 Å². The molecule has 2 rings (SSSR count). The van der Waals surface area contributed by atoms with Gasteiger partial charge in [0.25, 0.3) is 5.91 Å². The molecule has 0 saturated heterocycles. The zero-order valence-electron chi connectivity index (χ0n) is 10.8. The first-order chi connectivity index (χ1) is 9.79. The predicted octanol–water partition coefficient (Wildman–Crippen LogP) is 1.02. The fourth-order valence-electron chi connectivity index (χ4n) is 1.64. The Kier molecular flexibility index (Phi) is 4.73. The van der Waals surface area contributed by atoms with Gasteiger partial charge in [0, 0.05) is 24.9 Å². The molecule has 0 aliphatic carbocycles. The summed E-state index contributed by atoms with van der Waals surface area (Å²) in [6.45, 7) is 0.395. The molecule has 0 radical (unpaired) electrons. The van der Waals surface area contributed by atoms with Crippen molar-refractivity contribution in [2.24, 2.45) is 0 Å². The van der Waals surface area contributed by atoms with Gasteiger partial charge in [0.2, 0.25) is 0 Å². The number of nitrogens with one attached hydrogen (secondary N) is 2. The zero-order chi connectivity index (χ0) is 14.2. The van der Waals surface area contributed by atoms with E-state index in [9.17, 15) is 4.79 Å². The lowest BCUT2D eigenvalue weighted by Crippen LogP contribution is -2.30. The number of carbonyl (C=O) groups excluding carboxylic acids is 1. The number of nitrogens with zero attached hydrogens (tertiary/aromatic N) is 2. The highest BCUT2D eigenvalue weighted by Gasteiger charge is 2.06. The van der Waals surface area contributed by atoms with E-state index < -0.39 is 0 Å². The topological polar surface area (TPSA) is 90.8 Å². The Labute approximate surface area is 116 Å². The minimum Gasteiger partial charge on any atom is -0.482 e. The Bertz CT molecular complexity index is 602. The van der Waals surface area contributed by atoms with E-state index in [1.807, 2.05) is 6.07 Å². The number of amides is 1. The summed E-state index contributed by atoms with van der Waals surface area (Å²) in [6, 6.07) is 8.82. The summed E-state index contributed by atoms with van der Waals surface area (Å²) in [7, 11) is 0. The number of para-hydroxylation sites is 1. The molecule has 0 saturated carbocycles. The van der Waals surface area contributed by atoms with Crippen LogP contribution in [0.3, 0.4) is 0 Å². The van der Waals surface area contributed by atoms with Crippen molar-refractivity contribution >= 4 is 5.91 Å². The fourth-order valence-corrected chi connectivity index (χ4v) is 1.64. The molecule has 6 nitrogen and oxygen atoms in total. The highest BCUT2D eigenvalue weighted by atomic mass is 16.5. The van der Waals surface area contributed by atoms with Crippen molar-refractivity contribution in [3.63, 3.8) is 0 Å². The van der Waals surface area contributed by atoms with Crippen LogP contribution in [-0.4, -0.2) is 29.0 Å². The zero-order valence-corrected chi connectivity index (χ0v) is 10.8. The number of aromatic amines is 1. The van der Waals surface area contributed by atoms with Gasteiger partial charge in [0.05, 0.1) is 11.9 Å². The fraction of sp³-hybridized carbons (Fsp3) is 0.214. The summed E-state index contributed by atoms with van der Waals surface area (Å²) in [5, 5.41) is 11.6. The van der Waals surface area contributed by atoms with Crippen molar-refractivity contribution in [3.8, 4) is 11.8 Å². The van der Waals surface area contributed by atoms with Crippen molar-refractivity contribution in [3.05, 3.63) is 48.0 Å². The third kappa shape index (κ3) is 3.85. The first-order valence-corrected chi connectivity index (χ1v) is 6.15. The molecule has 102 valence electrons. The molecular weight excluding hydrogens is 256 g/mol. The van der Waals surface area contributed by atoms with Crippen LogP contribution in [0.15, 0.2) is 36.8 Å². The summed E-state index contributed by atoms with van der Waals surface area (Å²) in [6.07, 6.45) is 3.99. The van der Waals surface area contributed by atoms with Crippen LogP contribution in [-0.2, 0) is 11.2 Å². The molecule has 1 aromatic heterocycles. The first-order valence-electron chi connectivity index (χ1n) is 6.15. The molecule has 0 spiro atoms. The number of carbonyl (C=O) groups is 1. The van der Waals surface area contributed by atoms with Gasteiger partial charge in [-0.15, -0.1) is 0 Å². The number of imidazole rings is 1. The molecule has 0 bridgehead atoms. The van der Waals surface area contributed by atoms with Gasteiger partial charge < -0.3 is 15.0 Å². The SMILES string of the molecule is N#Cc1ccccc1OCC(=O)NCCc1cnc[nH]1. The quantitative estimate of drug-likeness (QED) is 0.819. The number of benzene rings is 1. The summed E-state index contributed by atoms with van der Waals surface area (Å²) in [5.41, 5.74) is 1.37. The minimum absolute atomic E-state index is 0.109. The molecule has 20 heavy (non-hydrogen) atoms. The van der Waals surface area contributed by atoms with E-state index in [0.29, 0.717) is 24.3 Å². The van der Waals surface area contributed by atoms with Gasteiger partial charge in [-0.2, -0.15) is 5.26 Å². The van der Waals surface area contributed by atoms with E-state index in [1.165, 1.54) is 0 Å². The smallest absolute Gasteiger partial charge is 0.257 e. The van der Waals surface area contributed by atoms with Crippen molar-refractivity contribution in [1.29, 1.82) is 5.26 Å². The summed E-state index contributed by atoms with van der Waals surface area (Å²) >= 11 is 0. The number of nitriles is 1. The van der Waals surface area contributed by atoms with Crippen molar-refractivity contribution < 1.29 is 9.53 Å². The van der Waals surface area contributed by atoms with Gasteiger partial charge in [-0.25, -0.2) is 4.98 Å². The van der Waals surface area contributed by atoms with Crippen molar-refractivity contribution in [2.75, 3.05) is 13.2 Å². The van der Waals surface area contributed by atoms with E-state index in [1.54, 1.807) is 36.8 Å². The number of ether oxygens (including phenoxy) is 1. The van der Waals surface area contributed by atoms with E-state index in [0.717, 1.165) is 5.69 Å². The van der Waals surface area contributed by atoms with Crippen LogP contribution in [0.5, 0.6) is 5.75 Å². The molecular formula is C14H14N4O2. The average molecular weight is 270 g/mol. The summed E-state index contributed by atoms with van der Waals surface area (Å²) in [4.78, 5) is 18.4.